The second-order valence-electron chi connectivity index (χ2n) is 4.49. The summed E-state index contributed by atoms with van der Waals surface area (Å²) >= 11 is 2.36. The SMILES string of the molecule is O=C(NCCCCCCI)C1CCS(=O)(=O)C1. The Labute approximate surface area is 117 Å². The van der Waals surface area contributed by atoms with Crippen molar-refractivity contribution in [1.82, 2.24) is 5.32 Å². The number of alkyl halides is 1. The van der Waals surface area contributed by atoms with E-state index in [2.05, 4.69) is 27.9 Å². The van der Waals surface area contributed by atoms with Crippen LogP contribution in [0.2, 0.25) is 0 Å². The first-order valence-corrected chi connectivity index (χ1v) is 9.44. The third-order valence-electron chi connectivity index (χ3n) is 2.96. The fraction of sp³-hybridized carbons (Fsp3) is 0.909. The van der Waals surface area contributed by atoms with Gasteiger partial charge in [0, 0.05) is 6.54 Å². The summed E-state index contributed by atoms with van der Waals surface area (Å²) in [5.41, 5.74) is 0. The average Bonchev–Trinajstić information content (AvgIpc) is 2.64. The second kappa shape index (κ2) is 7.56. The van der Waals surface area contributed by atoms with Crippen LogP contribution in [0.5, 0.6) is 0 Å². The largest absolute Gasteiger partial charge is 0.356 e. The Bertz CT molecular complexity index is 343. The summed E-state index contributed by atoms with van der Waals surface area (Å²) in [5.74, 6) is -0.191. The first kappa shape index (κ1) is 15.2. The predicted molar refractivity (Wildman–Crippen MR) is 77.1 cm³/mol. The average molecular weight is 373 g/mol. The van der Waals surface area contributed by atoms with Gasteiger partial charge in [-0.05, 0) is 23.7 Å². The van der Waals surface area contributed by atoms with E-state index >= 15 is 0 Å². The number of unbranched alkanes of at least 4 members (excludes halogenated alkanes) is 3. The highest BCUT2D eigenvalue weighted by molar-refractivity contribution is 14.1. The predicted octanol–water partition coefficient (Wildman–Crippen LogP) is 1.53. The fourth-order valence-electron chi connectivity index (χ4n) is 1.93. The minimum atomic E-state index is -2.94. The molecule has 1 unspecified atom stereocenters. The molecule has 0 radical (unpaired) electrons. The summed E-state index contributed by atoms with van der Waals surface area (Å²) in [6.45, 7) is 0.677. The summed E-state index contributed by atoms with van der Waals surface area (Å²) in [7, 11) is -2.94. The molecule has 6 heteroatoms. The molecule has 0 aromatic rings. The molecule has 1 heterocycles. The highest BCUT2D eigenvalue weighted by Gasteiger charge is 2.32. The summed E-state index contributed by atoms with van der Waals surface area (Å²) in [5, 5.41) is 2.83. The van der Waals surface area contributed by atoms with Crippen LogP contribution in [0.4, 0.5) is 0 Å². The molecular weight excluding hydrogens is 353 g/mol. The van der Waals surface area contributed by atoms with Crippen molar-refractivity contribution in [3.05, 3.63) is 0 Å². The molecule has 0 spiro atoms. The summed E-state index contributed by atoms with van der Waals surface area (Å²) < 4.78 is 23.6. The molecule has 1 fully saturated rings. The maximum absolute atomic E-state index is 11.6. The van der Waals surface area contributed by atoms with Gasteiger partial charge in [0.1, 0.15) is 0 Å². The van der Waals surface area contributed by atoms with Crippen LogP contribution in [-0.2, 0) is 14.6 Å². The number of hydrogen-bond donors (Lipinski definition) is 1. The van der Waals surface area contributed by atoms with Crippen LogP contribution in [-0.4, -0.2) is 36.8 Å². The summed E-state index contributed by atoms with van der Waals surface area (Å²) in [6, 6.07) is 0. The van der Waals surface area contributed by atoms with Crippen molar-refractivity contribution < 1.29 is 13.2 Å². The van der Waals surface area contributed by atoms with Crippen molar-refractivity contribution in [2.75, 3.05) is 22.5 Å². The molecule has 0 bridgehead atoms. The lowest BCUT2D eigenvalue weighted by atomic mass is 10.1. The van der Waals surface area contributed by atoms with Crippen LogP contribution in [0.1, 0.15) is 32.1 Å². The Morgan fingerprint density at radius 1 is 1.24 bits per heavy atom. The summed E-state index contributed by atoms with van der Waals surface area (Å²) in [4.78, 5) is 11.6. The maximum atomic E-state index is 11.6. The van der Waals surface area contributed by atoms with Gasteiger partial charge >= 0.3 is 0 Å². The Balaban J connectivity index is 2.10. The molecule has 1 rings (SSSR count). The van der Waals surface area contributed by atoms with Crippen LogP contribution in [0.15, 0.2) is 0 Å². The molecular formula is C11H20INO3S. The zero-order chi connectivity index (χ0) is 12.7. The van der Waals surface area contributed by atoms with Crippen LogP contribution in [0, 0.1) is 5.92 Å². The summed E-state index contributed by atoms with van der Waals surface area (Å²) in [6.07, 6.45) is 5.04. The molecule has 1 atom stereocenters. The molecule has 4 nitrogen and oxygen atoms in total. The second-order valence-corrected chi connectivity index (χ2v) is 7.80. The van der Waals surface area contributed by atoms with E-state index in [1.54, 1.807) is 0 Å². The fourth-order valence-corrected chi connectivity index (χ4v) is 4.21. The van der Waals surface area contributed by atoms with E-state index in [0.717, 1.165) is 12.8 Å². The van der Waals surface area contributed by atoms with Gasteiger partial charge in [0.25, 0.3) is 0 Å². The minimum absolute atomic E-state index is 0.0354. The number of nitrogens with one attached hydrogen (secondary N) is 1. The number of rotatable bonds is 7. The molecule has 1 aliphatic rings. The number of halogens is 1. The molecule has 1 N–H and O–H groups in total. The van der Waals surface area contributed by atoms with E-state index in [4.69, 9.17) is 0 Å². The smallest absolute Gasteiger partial charge is 0.224 e. The number of carbonyl (C=O) groups excluding carboxylic acids is 1. The van der Waals surface area contributed by atoms with Crippen molar-refractivity contribution >= 4 is 38.3 Å². The number of sulfone groups is 1. The van der Waals surface area contributed by atoms with Gasteiger partial charge in [0.15, 0.2) is 9.84 Å². The van der Waals surface area contributed by atoms with E-state index in [9.17, 15) is 13.2 Å². The zero-order valence-corrected chi connectivity index (χ0v) is 12.9. The highest BCUT2D eigenvalue weighted by atomic mass is 127. The lowest BCUT2D eigenvalue weighted by Gasteiger charge is -2.08. The molecule has 100 valence electrons. The van der Waals surface area contributed by atoms with Crippen molar-refractivity contribution in [1.29, 1.82) is 0 Å². The quantitative estimate of drug-likeness (QED) is 0.418. The Hall–Kier alpha value is 0.150. The number of hydrogen-bond acceptors (Lipinski definition) is 3. The van der Waals surface area contributed by atoms with Crippen LogP contribution < -0.4 is 5.32 Å². The van der Waals surface area contributed by atoms with Crippen molar-refractivity contribution in [2.24, 2.45) is 5.92 Å². The van der Waals surface area contributed by atoms with Gasteiger partial charge in [-0.15, -0.1) is 0 Å². The van der Waals surface area contributed by atoms with Gasteiger partial charge in [-0.3, -0.25) is 4.79 Å². The van der Waals surface area contributed by atoms with Crippen molar-refractivity contribution in [3.8, 4) is 0 Å². The molecule has 1 saturated heterocycles. The topological polar surface area (TPSA) is 63.2 Å². The van der Waals surface area contributed by atoms with E-state index < -0.39 is 9.84 Å². The van der Waals surface area contributed by atoms with Gasteiger partial charge in [-0.25, -0.2) is 8.42 Å². The molecule has 0 aromatic carbocycles. The molecule has 1 aliphatic heterocycles. The third-order valence-corrected chi connectivity index (χ3v) is 5.49. The van der Waals surface area contributed by atoms with Crippen LogP contribution in [0.3, 0.4) is 0 Å². The zero-order valence-electron chi connectivity index (χ0n) is 9.95. The van der Waals surface area contributed by atoms with E-state index in [1.165, 1.54) is 17.3 Å². The molecule has 0 saturated carbocycles. The highest BCUT2D eigenvalue weighted by Crippen LogP contribution is 2.18. The van der Waals surface area contributed by atoms with E-state index in [1.807, 2.05) is 0 Å². The normalized spacial score (nSPS) is 22.5. The van der Waals surface area contributed by atoms with Gasteiger partial charge in [-0.1, -0.05) is 35.4 Å². The first-order chi connectivity index (χ1) is 8.05. The van der Waals surface area contributed by atoms with Gasteiger partial charge in [0.05, 0.1) is 17.4 Å². The van der Waals surface area contributed by atoms with Crippen LogP contribution >= 0.6 is 22.6 Å². The van der Waals surface area contributed by atoms with Crippen molar-refractivity contribution in [2.45, 2.75) is 32.1 Å². The maximum Gasteiger partial charge on any atom is 0.224 e. The number of carbonyl (C=O) groups is 1. The molecule has 1 amide bonds. The minimum Gasteiger partial charge on any atom is -0.356 e. The number of amides is 1. The van der Waals surface area contributed by atoms with Gasteiger partial charge in [0.2, 0.25) is 5.91 Å². The Morgan fingerprint density at radius 2 is 1.94 bits per heavy atom. The van der Waals surface area contributed by atoms with E-state index in [0.29, 0.717) is 13.0 Å². The standard InChI is InChI=1S/C11H20INO3S/c12-6-3-1-2-4-7-13-11(14)10-5-8-17(15,16)9-10/h10H,1-9H2,(H,13,14). The molecule has 17 heavy (non-hydrogen) atoms. The van der Waals surface area contributed by atoms with Gasteiger partial charge in [-0.2, -0.15) is 0 Å². The molecule has 0 aromatic heterocycles. The lowest BCUT2D eigenvalue weighted by Crippen LogP contribution is -2.32. The first-order valence-electron chi connectivity index (χ1n) is 6.09. The van der Waals surface area contributed by atoms with Crippen molar-refractivity contribution in [3.63, 3.8) is 0 Å². The van der Waals surface area contributed by atoms with Crippen LogP contribution in [0.25, 0.3) is 0 Å². The lowest BCUT2D eigenvalue weighted by molar-refractivity contribution is -0.124. The third kappa shape index (κ3) is 6.03. The van der Waals surface area contributed by atoms with E-state index in [-0.39, 0.29) is 23.3 Å². The molecule has 0 aliphatic carbocycles. The van der Waals surface area contributed by atoms with Gasteiger partial charge < -0.3 is 5.32 Å². The Morgan fingerprint density at radius 3 is 2.53 bits per heavy atom. The monoisotopic (exact) mass is 373 g/mol. The Kier molecular flexibility index (Phi) is 6.76.